The number of carbonyl (C=O) groups is 1. The number of hydrogen-bond acceptors (Lipinski definition) is 3. The maximum atomic E-state index is 11.8. The van der Waals surface area contributed by atoms with Gasteiger partial charge in [-0.25, -0.2) is 0 Å². The van der Waals surface area contributed by atoms with Crippen molar-refractivity contribution >= 4 is 18.3 Å². The number of likely N-dealkylation sites (tertiary alicyclic amines) is 1. The highest BCUT2D eigenvalue weighted by Gasteiger charge is 2.24. The number of hydrogen-bond donors (Lipinski definition) is 1. The van der Waals surface area contributed by atoms with E-state index in [4.69, 9.17) is 4.74 Å². The van der Waals surface area contributed by atoms with Gasteiger partial charge in [0, 0.05) is 19.1 Å². The molecule has 1 aliphatic carbocycles. The molecular formula is C12H23ClN2O2. The van der Waals surface area contributed by atoms with Gasteiger partial charge in [0.1, 0.15) is 6.61 Å². The lowest BCUT2D eigenvalue weighted by atomic mass is 10.1. The smallest absolute Gasteiger partial charge is 0.248 e. The summed E-state index contributed by atoms with van der Waals surface area (Å²) in [6.07, 6.45) is 4.82. The van der Waals surface area contributed by atoms with Crippen LogP contribution in [0.2, 0.25) is 0 Å². The number of likely N-dealkylation sites (N-methyl/N-ethyl adjacent to an activating group) is 1. The zero-order chi connectivity index (χ0) is 11.4. The summed E-state index contributed by atoms with van der Waals surface area (Å²) in [5.74, 6) is 0.889. The number of nitrogens with one attached hydrogen (secondary N) is 1. The van der Waals surface area contributed by atoms with Crippen molar-refractivity contribution in [1.29, 1.82) is 0 Å². The van der Waals surface area contributed by atoms with Gasteiger partial charge in [0.25, 0.3) is 0 Å². The van der Waals surface area contributed by atoms with Crippen LogP contribution in [-0.2, 0) is 9.53 Å². The molecule has 1 amide bonds. The van der Waals surface area contributed by atoms with Gasteiger partial charge in [-0.05, 0) is 38.6 Å². The molecule has 1 unspecified atom stereocenters. The molecule has 4 nitrogen and oxygen atoms in total. The summed E-state index contributed by atoms with van der Waals surface area (Å²) in [6, 6.07) is 0.459. The van der Waals surface area contributed by atoms with Crippen molar-refractivity contribution in [2.24, 2.45) is 5.92 Å². The Kier molecular flexibility index (Phi) is 6.23. The SMILES string of the molecule is CNC1CCCN(C(=O)COCC2CC2)C1.Cl. The summed E-state index contributed by atoms with van der Waals surface area (Å²) in [5, 5.41) is 3.24. The zero-order valence-electron chi connectivity index (χ0n) is 10.5. The number of ether oxygens (including phenoxy) is 1. The van der Waals surface area contributed by atoms with Crippen LogP contribution in [0.3, 0.4) is 0 Å². The average molecular weight is 263 g/mol. The molecule has 1 aliphatic heterocycles. The van der Waals surface area contributed by atoms with E-state index in [9.17, 15) is 4.79 Å². The zero-order valence-corrected chi connectivity index (χ0v) is 11.3. The summed E-state index contributed by atoms with van der Waals surface area (Å²) in [4.78, 5) is 13.8. The Morgan fingerprint density at radius 2 is 2.18 bits per heavy atom. The van der Waals surface area contributed by atoms with Gasteiger partial charge in [0.05, 0.1) is 6.61 Å². The summed E-state index contributed by atoms with van der Waals surface area (Å²) >= 11 is 0. The molecule has 1 atom stereocenters. The van der Waals surface area contributed by atoms with Crippen LogP contribution >= 0.6 is 12.4 Å². The molecule has 2 rings (SSSR count). The molecule has 0 aromatic carbocycles. The lowest BCUT2D eigenvalue weighted by molar-refractivity contribution is -0.137. The van der Waals surface area contributed by atoms with Crippen LogP contribution in [0.5, 0.6) is 0 Å². The van der Waals surface area contributed by atoms with Crippen molar-refractivity contribution in [2.45, 2.75) is 31.7 Å². The first-order chi connectivity index (χ1) is 7.79. The minimum Gasteiger partial charge on any atom is -0.371 e. The van der Waals surface area contributed by atoms with Crippen LogP contribution in [0, 0.1) is 5.92 Å². The number of rotatable bonds is 5. The second kappa shape index (κ2) is 7.19. The Hall–Kier alpha value is -0.320. The van der Waals surface area contributed by atoms with E-state index >= 15 is 0 Å². The van der Waals surface area contributed by atoms with Gasteiger partial charge in [0.15, 0.2) is 0 Å². The molecule has 5 heteroatoms. The molecule has 1 N–H and O–H groups in total. The van der Waals surface area contributed by atoms with Gasteiger partial charge < -0.3 is 15.0 Å². The number of carbonyl (C=O) groups excluding carboxylic acids is 1. The molecule has 17 heavy (non-hydrogen) atoms. The predicted molar refractivity (Wildman–Crippen MR) is 69.5 cm³/mol. The number of amides is 1. The molecule has 0 radical (unpaired) electrons. The Labute approximate surface area is 109 Å². The average Bonchev–Trinajstić information content (AvgIpc) is 3.13. The number of halogens is 1. The Morgan fingerprint density at radius 1 is 1.41 bits per heavy atom. The molecule has 1 heterocycles. The second-order valence-electron chi connectivity index (χ2n) is 4.93. The fraction of sp³-hybridized carbons (Fsp3) is 0.917. The molecule has 2 aliphatic rings. The lowest BCUT2D eigenvalue weighted by Crippen LogP contribution is -2.48. The molecule has 0 aromatic rings. The summed E-state index contributed by atoms with van der Waals surface area (Å²) < 4.78 is 5.43. The van der Waals surface area contributed by atoms with Gasteiger partial charge in [0.2, 0.25) is 5.91 Å². The largest absolute Gasteiger partial charge is 0.371 e. The highest BCUT2D eigenvalue weighted by Crippen LogP contribution is 2.28. The van der Waals surface area contributed by atoms with E-state index in [2.05, 4.69) is 5.32 Å². The van der Waals surface area contributed by atoms with Gasteiger partial charge in [-0.2, -0.15) is 0 Å². The molecule has 100 valence electrons. The van der Waals surface area contributed by atoms with E-state index in [0.29, 0.717) is 6.04 Å². The van der Waals surface area contributed by atoms with Gasteiger partial charge >= 0.3 is 0 Å². The van der Waals surface area contributed by atoms with Crippen molar-refractivity contribution in [3.05, 3.63) is 0 Å². The lowest BCUT2D eigenvalue weighted by Gasteiger charge is -2.32. The van der Waals surface area contributed by atoms with Gasteiger partial charge in [-0.15, -0.1) is 12.4 Å². The minimum atomic E-state index is 0. The molecule has 2 fully saturated rings. The maximum absolute atomic E-state index is 11.8. The van der Waals surface area contributed by atoms with E-state index in [1.165, 1.54) is 19.3 Å². The van der Waals surface area contributed by atoms with E-state index in [-0.39, 0.29) is 24.9 Å². The predicted octanol–water partition coefficient (Wildman–Crippen LogP) is 1.05. The van der Waals surface area contributed by atoms with Crippen molar-refractivity contribution in [1.82, 2.24) is 10.2 Å². The quantitative estimate of drug-likeness (QED) is 0.805. The Morgan fingerprint density at radius 3 is 2.82 bits per heavy atom. The maximum Gasteiger partial charge on any atom is 0.248 e. The van der Waals surface area contributed by atoms with E-state index in [1.807, 2.05) is 11.9 Å². The molecule has 0 bridgehead atoms. The molecule has 0 spiro atoms. The third kappa shape index (κ3) is 4.82. The van der Waals surface area contributed by atoms with Crippen LogP contribution in [0.15, 0.2) is 0 Å². The van der Waals surface area contributed by atoms with Crippen molar-refractivity contribution in [3.63, 3.8) is 0 Å². The molecule has 1 saturated carbocycles. The summed E-state index contributed by atoms with van der Waals surface area (Å²) in [5.41, 5.74) is 0. The standard InChI is InChI=1S/C12H22N2O2.ClH/c1-13-11-3-2-6-14(7-11)12(15)9-16-8-10-4-5-10;/h10-11,13H,2-9H2,1H3;1H. The topological polar surface area (TPSA) is 41.6 Å². The Balaban J connectivity index is 0.00000144. The van der Waals surface area contributed by atoms with E-state index in [0.717, 1.165) is 32.0 Å². The van der Waals surface area contributed by atoms with Crippen LogP contribution in [0.25, 0.3) is 0 Å². The van der Waals surface area contributed by atoms with Crippen molar-refractivity contribution in [2.75, 3.05) is 33.4 Å². The summed E-state index contributed by atoms with van der Waals surface area (Å²) in [7, 11) is 1.96. The highest BCUT2D eigenvalue weighted by atomic mass is 35.5. The highest BCUT2D eigenvalue weighted by molar-refractivity contribution is 5.85. The normalized spacial score (nSPS) is 24.3. The fourth-order valence-electron chi connectivity index (χ4n) is 2.13. The third-order valence-corrected chi connectivity index (χ3v) is 3.46. The number of nitrogens with zero attached hydrogens (tertiary/aromatic N) is 1. The molecular weight excluding hydrogens is 240 g/mol. The summed E-state index contributed by atoms with van der Waals surface area (Å²) in [6.45, 7) is 2.77. The first-order valence-electron chi connectivity index (χ1n) is 6.32. The van der Waals surface area contributed by atoms with Gasteiger partial charge in [-0.1, -0.05) is 0 Å². The van der Waals surface area contributed by atoms with E-state index in [1.54, 1.807) is 0 Å². The Bertz CT molecular complexity index is 247. The first kappa shape index (κ1) is 14.7. The van der Waals surface area contributed by atoms with Crippen LogP contribution in [-0.4, -0.2) is 50.2 Å². The monoisotopic (exact) mass is 262 g/mol. The number of piperidine rings is 1. The first-order valence-corrected chi connectivity index (χ1v) is 6.32. The van der Waals surface area contributed by atoms with Crippen LogP contribution in [0.4, 0.5) is 0 Å². The van der Waals surface area contributed by atoms with Crippen LogP contribution < -0.4 is 5.32 Å². The fourth-order valence-corrected chi connectivity index (χ4v) is 2.13. The molecule has 1 saturated heterocycles. The van der Waals surface area contributed by atoms with Crippen molar-refractivity contribution < 1.29 is 9.53 Å². The van der Waals surface area contributed by atoms with Gasteiger partial charge in [-0.3, -0.25) is 4.79 Å². The second-order valence-corrected chi connectivity index (χ2v) is 4.93. The van der Waals surface area contributed by atoms with E-state index < -0.39 is 0 Å². The van der Waals surface area contributed by atoms with Crippen LogP contribution in [0.1, 0.15) is 25.7 Å². The molecule has 0 aromatic heterocycles. The minimum absolute atomic E-state index is 0. The van der Waals surface area contributed by atoms with Crippen molar-refractivity contribution in [3.8, 4) is 0 Å². The third-order valence-electron chi connectivity index (χ3n) is 3.46.